The number of anilines is 1. The van der Waals surface area contributed by atoms with Crippen molar-refractivity contribution in [3.63, 3.8) is 0 Å². The van der Waals surface area contributed by atoms with Gasteiger partial charge in [-0.15, -0.1) is 11.3 Å². The first-order chi connectivity index (χ1) is 9.49. The van der Waals surface area contributed by atoms with E-state index in [1.54, 1.807) is 17.9 Å². The van der Waals surface area contributed by atoms with Crippen molar-refractivity contribution in [1.82, 2.24) is 10.2 Å². The monoisotopic (exact) mass is 297 g/mol. The number of morpholine rings is 1. The molecule has 1 aromatic rings. The number of carbonyl (C=O) groups excluding carboxylic acids is 2. The van der Waals surface area contributed by atoms with Gasteiger partial charge in [-0.2, -0.15) is 0 Å². The van der Waals surface area contributed by atoms with Crippen LogP contribution in [0.1, 0.15) is 21.5 Å². The summed E-state index contributed by atoms with van der Waals surface area (Å²) in [4.78, 5) is 27.4. The van der Waals surface area contributed by atoms with Crippen LogP contribution in [0.5, 0.6) is 0 Å². The van der Waals surface area contributed by atoms with Gasteiger partial charge < -0.3 is 20.7 Å². The number of rotatable bonds is 3. The van der Waals surface area contributed by atoms with Crippen molar-refractivity contribution in [1.29, 1.82) is 0 Å². The van der Waals surface area contributed by atoms with E-state index >= 15 is 0 Å². The number of aryl methyl sites for hydroxylation is 1. The Balaban J connectivity index is 1.94. The van der Waals surface area contributed by atoms with Crippen LogP contribution < -0.4 is 11.1 Å². The summed E-state index contributed by atoms with van der Waals surface area (Å²) in [5.41, 5.74) is 6.33. The zero-order valence-electron chi connectivity index (χ0n) is 11.6. The standard InChI is InChI=1S/C13H19N3O3S/c1-8(13(18)16-3-5-19-6-4-16)15-12(17)11-7-10(14)9(2)20-11/h7-8H,3-6,14H2,1-2H3,(H,15,17). The van der Waals surface area contributed by atoms with Gasteiger partial charge in [0.25, 0.3) is 5.91 Å². The van der Waals surface area contributed by atoms with Gasteiger partial charge in [-0.1, -0.05) is 0 Å². The molecule has 0 bridgehead atoms. The predicted molar refractivity (Wildman–Crippen MR) is 77.8 cm³/mol. The Morgan fingerprint density at radius 3 is 2.65 bits per heavy atom. The Bertz CT molecular complexity index is 489. The van der Waals surface area contributed by atoms with Gasteiger partial charge in [-0.3, -0.25) is 9.59 Å². The Kier molecular flexibility index (Phi) is 4.61. The van der Waals surface area contributed by atoms with Crippen LogP contribution in [0.15, 0.2) is 6.07 Å². The van der Waals surface area contributed by atoms with Crippen molar-refractivity contribution in [3.8, 4) is 0 Å². The lowest BCUT2D eigenvalue weighted by molar-refractivity contribution is -0.136. The topological polar surface area (TPSA) is 84.7 Å². The van der Waals surface area contributed by atoms with Crippen LogP contribution in [0.3, 0.4) is 0 Å². The molecule has 1 saturated heterocycles. The van der Waals surface area contributed by atoms with Crippen molar-refractivity contribution in [3.05, 3.63) is 15.8 Å². The Hall–Kier alpha value is -1.60. The third-order valence-corrected chi connectivity index (χ3v) is 4.29. The molecule has 0 radical (unpaired) electrons. The molecule has 6 nitrogen and oxygen atoms in total. The number of thiophene rings is 1. The highest BCUT2D eigenvalue weighted by Gasteiger charge is 2.24. The minimum atomic E-state index is -0.552. The highest BCUT2D eigenvalue weighted by molar-refractivity contribution is 7.14. The number of nitrogens with one attached hydrogen (secondary N) is 1. The third-order valence-electron chi connectivity index (χ3n) is 3.22. The maximum Gasteiger partial charge on any atom is 0.262 e. The maximum atomic E-state index is 12.2. The first-order valence-corrected chi connectivity index (χ1v) is 7.34. The first kappa shape index (κ1) is 14.8. The van der Waals surface area contributed by atoms with E-state index in [-0.39, 0.29) is 11.8 Å². The number of nitrogen functional groups attached to an aromatic ring is 1. The molecule has 2 amide bonds. The Morgan fingerprint density at radius 1 is 1.45 bits per heavy atom. The molecule has 20 heavy (non-hydrogen) atoms. The minimum Gasteiger partial charge on any atom is -0.398 e. The van der Waals surface area contributed by atoms with Gasteiger partial charge in [0.05, 0.1) is 18.1 Å². The van der Waals surface area contributed by atoms with Gasteiger partial charge in [0, 0.05) is 23.7 Å². The van der Waals surface area contributed by atoms with Crippen molar-refractivity contribution >= 4 is 28.8 Å². The summed E-state index contributed by atoms with van der Waals surface area (Å²) in [6, 6.07) is 1.09. The van der Waals surface area contributed by atoms with Crippen LogP contribution in [-0.2, 0) is 9.53 Å². The highest BCUT2D eigenvalue weighted by Crippen LogP contribution is 2.23. The summed E-state index contributed by atoms with van der Waals surface area (Å²) < 4.78 is 5.20. The fraction of sp³-hybridized carbons (Fsp3) is 0.538. The van der Waals surface area contributed by atoms with Crippen molar-refractivity contribution in [2.45, 2.75) is 19.9 Å². The average molecular weight is 297 g/mol. The molecule has 3 N–H and O–H groups in total. The van der Waals surface area contributed by atoms with E-state index in [0.717, 1.165) is 4.88 Å². The lowest BCUT2D eigenvalue weighted by Gasteiger charge is -2.29. The summed E-state index contributed by atoms with van der Waals surface area (Å²) in [6.07, 6.45) is 0. The molecule has 0 aliphatic carbocycles. The van der Waals surface area contributed by atoms with Crippen LogP contribution in [0.25, 0.3) is 0 Å². The number of carbonyl (C=O) groups is 2. The van der Waals surface area contributed by atoms with Gasteiger partial charge in [-0.25, -0.2) is 0 Å². The lowest BCUT2D eigenvalue weighted by atomic mass is 10.2. The van der Waals surface area contributed by atoms with Crippen LogP contribution in [-0.4, -0.2) is 49.1 Å². The largest absolute Gasteiger partial charge is 0.398 e. The van der Waals surface area contributed by atoms with E-state index in [2.05, 4.69) is 5.32 Å². The van der Waals surface area contributed by atoms with Gasteiger partial charge >= 0.3 is 0 Å². The van der Waals surface area contributed by atoms with E-state index in [0.29, 0.717) is 36.9 Å². The molecule has 7 heteroatoms. The first-order valence-electron chi connectivity index (χ1n) is 6.52. The summed E-state index contributed by atoms with van der Waals surface area (Å²) in [5.74, 6) is -0.341. The van der Waals surface area contributed by atoms with Crippen molar-refractivity contribution in [2.75, 3.05) is 32.0 Å². The molecule has 1 unspecified atom stereocenters. The van der Waals surface area contributed by atoms with Crippen LogP contribution in [0.2, 0.25) is 0 Å². The van der Waals surface area contributed by atoms with Gasteiger partial charge in [0.1, 0.15) is 6.04 Å². The normalized spacial score (nSPS) is 16.8. The summed E-state index contributed by atoms with van der Waals surface area (Å²) in [5, 5.41) is 2.72. The van der Waals surface area contributed by atoms with E-state index < -0.39 is 6.04 Å². The Labute approximate surface area is 121 Å². The van der Waals surface area contributed by atoms with Gasteiger partial charge in [-0.05, 0) is 19.9 Å². The molecule has 110 valence electrons. The fourth-order valence-corrected chi connectivity index (χ4v) is 2.84. The second-order valence-electron chi connectivity index (χ2n) is 4.75. The molecule has 1 atom stereocenters. The van der Waals surface area contributed by atoms with E-state index in [9.17, 15) is 9.59 Å². The van der Waals surface area contributed by atoms with Crippen LogP contribution >= 0.6 is 11.3 Å². The number of nitrogens with zero attached hydrogens (tertiary/aromatic N) is 1. The number of ether oxygens (including phenoxy) is 1. The lowest BCUT2D eigenvalue weighted by Crippen LogP contribution is -2.50. The molecule has 2 rings (SSSR count). The molecule has 0 aromatic carbocycles. The number of nitrogens with two attached hydrogens (primary N) is 1. The molecule has 1 fully saturated rings. The van der Waals surface area contributed by atoms with E-state index in [1.165, 1.54) is 11.3 Å². The molecular formula is C13H19N3O3S. The third kappa shape index (κ3) is 3.29. The predicted octanol–water partition coefficient (Wildman–Crippen LogP) is 0.616. The van der Waals surface area contributed by atoms with E-state index in [1.807, 2.05) is 6.92 Å². The van der Waals surface area contributed by atoms with Gasteiger partial charge in [0.2, 0.25) is 5.91 Å². The van der Waals surface area contributed by atoms with Crippen molar-refractivity contribution in [2.24, 2.45) is 0 Å². The van der Waals surface area contributed by atoms with Gasteiger partial charge in [0.15, 0.2) is 0 Å². The zero-order chi connectivity index (χ0) is 14.7. The highest BCUT2D eigenvalue weighted by atomic mass is 32.1. The Morgan fingerprint density at radius 2 is 2.10 bits per heavy atom. The van der Waals surface area contributed by atoms with Crippen molar-refractivity contribution < 1.29 is 14.3 Å². The number of hydrogen-bond acceptors (Lipinski definition) is 5. The number of amides is 2. The second-order valence-corrected chi connectivity index (χ2v) is 6.01. The second kappa shape index (κ2) is 6.23. The fourth-order valence-electron chi connectivity index (χ4n) is 2.00. The molecule has 1 aromatic heterocycles. The maximum absolute atomic E-state index is 12.2. The SMILES string of the molecule is Cc1sc(C(=O)NC(C)C(=O)N2CCOCC2)cc1N. The smallest absolute Gasteiger partial charge is 0.262 e. The minimum absolute atomic E-state index is 0.0806. The molecule has 1 aliphatic rings. The van der Waals surface area contributed by atoms with E-state index in [4.69, 9.17) is 10.5 Å². The number of hydrogen-bond donors (Lipinski definition) is 2. The molecule has 0 spiro atoms. The summed E-state index contributed by atoms with van der Waals surface area (Å²) in [6.45, 7) is 5.80. The van der Waals surface area contributed by atoms with Crippen LogP contribution in [0, 0.1) is 6.92 Å². The average Bonchev–Trinajstić information content (AvgIpc) is 2.79. The molecular weight excluding hydrogens is 278 g/mol. The van der Waals surface area contributed by atoms with Crippen LogP contribution in [0.4, 0.5) is 5.69 Å². The summed E-state index contributed by atoms with van der Waals surface area (Å²) >= 11 is 1.33. The zero-order valence-corrected chi connectivity index (χ0v) is 12.5. The molecule has 1 aliphatic heterocycles. The summed E-state index contributed by atoms with van der Waals surface area (Å²) in [7, 11) is 0. The quantitative estimate of drug-likeness (QED) is 0.856. The molecule has 2 heterocycles. The molecule has 0 saturated carbocycles.